The first-order valence-electron chi connectivity index (χ1n) is 12.0. The molecule has 0 amide bonds. The van der Waals surface area contributed by atoms with Gasteiger partial charge in [0.1, 0.15) is 0 Å². The topological polar surface area (TPSA) is 99.3 Å². The highest BCUT2D eigenvalue weighted by atomic mass is 19.1. The van der Waals surface area contributed by atoms with Crippen molar-refractivity contribution in [2.75, 3.05) is 42.8 Å². The van der Waals surface area contributed by atoms with Crippen molar-refractivity contribution >= 4 is 23.5 Å². The van der Waals surface area contributed by atoms with Crippen LogP contribution in [0.3, 0.4) is 0 Å². The Morgan fingerprint density at radius 2 is 1.85 bits per heavy atom. The number of anilines is 4. The zero-order chi connectivity index (χ0) is 23.0. The van der Waals surface area contributed by atoms with E-state index in [1.54, 1.807) is 12.1 Å². The summed E-state index contributed by atoms with van der Waals surface area (Å²) in [5, 5.41) is 12.3. The van der Waals surface area contributed by atoms with Gasteiger partial charge in [0.15, 0.2) is 11.6 Å². The zero-order valence-electron chi connectivity index (χ0n) is 19.5. The lowest BCUT2D eigenvalue weighted by Crippen LogP contribution is -2.40. The first kappa shape index (κ1) is 23.4. The number of methoxy groups -OCH3 is 1. The standard InChI is InChI=1S/C23H35FN8O/c1-3-18(19-9-8-12-25-19)27-22-28-21(26-16-10-11-20(33-2)17(24)15-16)29-23(30-22)31-32-13-6-4-5-7-14-32/h10-11,15,18-19,25H,3-9,12-14H2,1-2H3,(H3,26,27,28,29,30,31). The summed E-state index contributed by atoms with van der Waals surface area (Å²) >= 11 is 0. The average molecular weight is 459 g/mol. The SMILES string of the molecule is CCC(Nc1nc(Nc2ccc(OC)c(F)c2)nc(NN2CCCCCC2)n1)C1CCCN1. The molecule has 4 rings (SSSR count). The van der Waals surface area contributed by atoms with E-state index in [2.05, 4.69) is 48.3 Å². The molecule has 1 aromatic heterocycles. The predicted molar refractivity (Wildman–Crippen MR) is 128 cm³/mol. The van der Waals surface area contributed by atoms with Crippen LogP contribution in [0.4, 0.5) is 27.9 Å². The van der Waals surface area contributed by atoms with Crippen LogP contribution in [0.25, 0.3) is 0 Å². The number of ether oxygens (including phenoxy) is 1. The van der Waals surface area contributed by atoms with Gasteiger partial charge in [0.05, 0.1) is 7.11 Å². The number of hydrazine groups is 1. The molecule has 2 saturated heterocycles. The summed E-state index contributed by atoms with van der Waals surface area (Å²) in [5.41, 5.74) is 3.90. The molecule has 0 aliphatic carbocycles. The van der Waals surface area contributed by atoms with Gasteiger partial charge in [0.25, 0.3) is 0 Å². The van der Waals surface area contributed by atoms with E-state index in [1.165, 1.54) is 32.4 Å². The minimum Gasteiger partial charge on any atom is -0.494 e. The highest BCUT2D eigenvalue weighted by Gasteiger charge is 2.24. The van der Waals surface area contributed by atoms with Gasteiger partial charge in [0.2, 0.25) is 17.8 Å². The van der Waals surface area contributed by atoms with E-state index in [-0.39, 0.29) is 11.8 Å². The molecule has 3 heterocycles. The molecule has 1 aromatic carbocycles. The van der Waals surface area contributed by atoms with E-state index in [9.17, 15) is 4.39 Å². The summed E-state index contributed by atoms with van der Waals surface area (Å²) in [6.45, 7) is 5.10. The molecule has 0 saturated carbocycles. The average Bonchev–Trinajstić information content (AvgIpc) is 3.22. The minimum atomic E-state index is -0.448. The Morgan fingerprint density at radius 1 is 1.09 bits per heavy atom. The Balaban J connectivity index is 1.56. The third-order valence-corrected chi connectivity index (χ3v) is 6.25. The number of hydrogen-bond donors (Lipinski definition) is 4. The van der Waals surface area contributed by atoms with E-state index in [4.69, 9.17) is 4.74 Å². The molecular weight excluding hydrogens is 423 g/mol. The number of nitrogens with one attached hydrogen (secondary N) is 4. The number of hydrogen-bond acceptors (Lipinski definition) is 9. The van der Waals surface area contributed by atoms with Crippen LogP contribution in [0.1, 0.15) is 51.9 Å². The van der Waals surface area contributed by atoms with Crippen LogP contribution < -0.4 is 26.1 Å². The molecule has 10 heteroatoms. The van der Waals surface area contributed by atoms with Crippen LogP contribution in [-0.4, -0.2) is 58.8 Å². The van der Waals surface area contributed by atoms with Gasteiger partial charge in [-0.25, -0.2) is 9.40 Å². The van der Waals surface area contributed by atoms with Gasteiger partial charge in [-0.3, -0.25) is 5.43 Å². The van der Waals surface area contributed by atoms with Gasteiger partial charge in [-0.1, -0.05) is 19.8 Å². The smallest absolute Gasteiger partial charge is 0.244 e. The monoisotopic (exact) mass is 458 g/mol. The van der Waals surface area contributed by atoms with Crippen LogP contribution in [0, 0.1) is 5.82 Å². The van der Waals surface area contributed by atoms with Gasteiger partial charge in [-0.15, -0.1) is 0 Å². The summed E-state index contributed by atoms with van der Waals surface area (Å²) in [5.74, 6) is 1.07. The minimum absolute atomic E-state index is 0.192. The summed E-state index contributed by atoms with van der Waals surface area (Å²) < 4.78 is 19.2. The predicted octanol–water partition coefficient (Wildman–Crippen LogP) is 3.91. The third kappa shape index (κ3) is 6.42. The number of benzene rings is 1. The summed E-state index contributed by atoms with van der Waals surface area (Å²) in [6, 6.07) is 5.29. The summed E-state index contributed by atoms with van der Waals surface area (Å²) in [7, 11) is 1.44. The van der Waals surface area contributed by atoms with Crippen LogP contribution in [-0.2, 0) is 0 Å². The largest absolute Gasteiger partial charge is 0.494 e. The summed E-state index contributed by atoms with van der Waals surface area (Å²) in [4.78, 5) is 13.8. The highest BCUT2D eigenvalue weighted by molar-refractivity contribution is 5.57. The van der Waals surface area contributed by atoms with Gasteiger partial charge >= 0.3 is 0 Å². The molecule has 2 unspecified atom stereocenters. The summed E-state index contributed by atoms with van der Waals surface area (Å²) in [6.07, 6.45) is 8.03. The highest BCUT2D eigenvalue weighted by Crippen LogP contribution is 2.24. The van der Waals surface area contributed by atoms with Gasteiger partial charge in [-0.2, -0.15) is 15.0 Å². The van der Waals surface area contributed by atoms with Gasteiger partial charge in [0, 0.05) is 36.9 Å². The second kappa shape index (κ2) is 11.4. The maximum absolute atomic E-state index is 14.2. The van der Waals surface area contributed by atoms with Crippen LogP contribution in [0.15, 0.2) is 18.2 Å². The molecule has 0 spiro atoms. The van der Waals surface area contributed by atoms with Crippen molar-refractivity contribution in [1.29, 1.82) is 0 Å². The van der Waals surface area contributed by atoms with E-state index in [0.717, 1.165) is 45.3 Å². The van der Waals surface area contributed by atoms with Crippen molar-refractivity contribution in [3.63, 3.8) is 0 Å². The molecular formula is C23H35FN8O. The molecule has 2 atom stereocenters. The van der Waals surface area contributed by atoms with E-state index < -0.39 is 5.82 Å². The fourth-order valence-electron chi connectivity index (χ4n) is 4.45. The molecule has 180 valence electrons. The van der Waals surface area contributed by atoms with Crippen molar-refractivity contribution in [2.45, 2.75) is 64.0 Å². The van der Waals surface area contributed by atoms with E-state index >= 15 is 0 Å². The second-order valence-electron chi connectivity index (χ2n) is 8.66. The molecule has 2 aliphatic heterocycles. The number of aromatic nitrogens is 3. The molecule has 4 N–H and O–H groups in total. The Morgan fingerprint density at radius 3 is 2.52 bits per heavy atom. The fourth-order valence-corrected chi connectivity index (χ4v) is 4.45. The van der Waals surface area contributed by atoms with E-state index in [1.807, 2.05) is 0 Å². The molecule has 9 nitrogen and oxygen atoms in total. The lowest BCUT2D eigenvalue weighted by molar-refractivity contribution is 0.340. The molecule has 0 radical (unpaired) electrons. The maximum Gasteiger partial charge on any atom is 0.244 e. The maximum atomic E-state index is 14.2. The first-order chi connectivity index (χ1) is 16.1. The number of halogens is 1. The lowest BCUT2D eigenvalue weighted by atomic mass is 10.0. The first-order valence-corrected chi connectivity index (χ1v) is 12.0. The van der Waals surface area contributed by atoms with Crippen molar-refractivity contribution in [1.82, 2.24) is 25.3 Å². The van der Waals surface area contributed by atoms with E-state index in [0.29, 0.717) is 29.6 Å². The Labute approximate surface area is 194 Å². The van der Waals surface area contributed by atoms with Crippen LogP contribution >= 0.6 is 0 Å². The molecule has 0 bridgehead atoms. The molecule has 2 fully saturated rings. The quantitative estimate of drug-likeness (QED) is 0.446. The van der Waals surface area contributed by atoms with Crippen molar-refractivity contribution in [3.05, 3.63) is 24.0 Å². The molecule has 2 aliphatic rings. The molecule has 33 heavy (non-hydrogen) atoms. The Bertz CT molecular complexity index is 900. The van der Waals surface area contributed by atoms with Gasteiger partial charge < -0.3 is 20.7 Å². The number of rotatable bonds is 9. The Kier molecular flexibility index (Phi) is 8.11. The van der Waals surface area contributed by atoms with Crippen molar-refractivity contribution < 1.29 is 9.13 Å². The Hall–Kier alpha value is -2.72. The normalized spacial score (nSPS) is 20.2. The van der Waals surface area contributed by atoms with Crippen LogP contribution in [0.5, 0.6) is 5.75 Å². The third-order valence-electron chi connectivity index (χ3n) is 6.25. The van der Waals surface area contributed by atoms with Crippen LogP contribution in [0.2, 0.25) is 0 Å². The van der Waals surface area contributed by atoms with Gasteiger partial charge in [-0.05, 0) is 50.8 Å². The van der Waals surface area contributed by atoms with Crippen molar-refractivity contribution in [2.24, 2.45) is 0 Å². The molecule has 2 aromatic rings. The van der Waals surface area contributed by atoms with Crippen molar-refractivity contribution in [3.8, 4) is 5.75 Å². The number of nitrogens with zero attached hydrogens (tertiary/aromatic N) is 4. The zero-order valence-corrected chi connectivity index (χ0v) is 19.5. The second-order valence-corrected chi connectivity index (χ2v) is 8.66. The fraction of sp³-hybridized carbons (Fsp3) is 0.609. The lowest BCUT2D eigenvalue weighted by Gasteiger charge is -2.25.